The van der Waals surface area contributed by atoms with Crippen LogP contribution in [0, 0.1) is 11.6 Å². The first kappa shape index (κ1) is 25.4. The van der Waals surface area contributed by atoms with Gasteiger partial charge in [0.05, 0.1) is 11.6 Å². The molecule has 0 radical (unpaired) electrons. The number of nitrogens with one attached hydrogen (secondary N) is 1. The van der Waals surface area contributed by atoms with Crippen molar-refractivity contribution in [1.82, 2.24) is 5.32 Å². The Kier molecular flexibility index (Phi) is 6.66. The van der Waals surface area contributed by atoms with Crippen molar-refractivity contribution in [3.05, 3.63) is 87.9 Å². The van der Waals surface area contributed by atoms with Crippen LogP contribution < -0.4 is 15.8 Å². The fourth-order valence-electron chi connectivity index (χ4n) is 4.32. The number of carbonyl (C=O) groups excluding carboxylic acids is 2. The van der Waals surface area contributed by atoms with Gasteiger partial charge in [-0.25, -0.2) is 13.6 Å². The van der Waals surface area contributed by atoms with E-state index in [1.54, 1.807) is 45.0 Å². The summed E-state index contributed by atoms with van der Waals surface area (Å²) in [6, 6.07) is 14.0. The number of benzene rings is 3. The van der Waals surface area contributed by atoms with E-state index in [2.05, 4.69) is 5.32 Å². The van der Waals surface area contributed by atoms with Crippen molar-refractivity contribution < 1.29 is 27.8 Å². The van der Waals surface area contributed by atoms with E-state index >= 15 is 4.39 Å². The molecule has 0 bridgehead atoms. The molecule has 0 fully saturated rings. The van der Waals surface area contributed by atoms with Gasteiger partial charge in [0.2, 0.25) is 5.91 Å². The molecule has 3 aromatic carbocycles. The van der Waals surface area contributed by atoms with Crippen molar-refractivity contribution >= 4 is 23.6 Å². The lowest BCUT2D eigenvalue weighted by Crippen LogP contribution is -2.45. The molecule has 4 rings (SSSR count). The summed E-state index contributed by atoms with van der Waals surface area (Å²) in [4.78, 5) is 24.6. The van der Waals surface area contributed by atoms with Crippen molar-refractivity contribution in [1.29, 1.82) is 0 Å². The molecule has 2 amide bonds. The van der Waals surface area contributed by atoms with Crippen LogP contribution in [-0.2, 0) is 16.8 Å². The molecule has 188 valence electrons. The summed E-state index contributed by atoms with van der Waals surface area (Å²) in [6.45, 7) is 5.18. The molecule has 1 heterocycles. The zero-order valence-electron chi connectivity index (χ0n) is 20.0. The summed E-state index contributed by atoms with van der Waals surface area (Å²) in [7, 11) is 0. The van der Waals surface area contributed by atoms with Gasteiger partial charge in [-0.3, -0.25) is 4.79 Å². The maximum Gasteiger partial charge on any atom is 0.407 e. The summed E-state index contributed by atoms with van der Waals surface area (Å²) in [5.41, 5.74) is 4.27. The molecular weight excluding hydrogens is 490 g/mol. The monoisotopic (exact) mass is 514 g/mol. The van der Waals surface area contributed by atoms with Gasteiger partial charge in [0, 0.05) is 34.7 Å². The van der Waals surface area contributed by atoms with E-state index in [9.17, 15) is 14.0 Å². The minimum atomic E-state index is -1.19. The number of rotatable bonds is 5. The van der Waals surface area contributed by atoms with Crippen LogP contribution in [0.5, 0.6) is 5.75 Å². The smallest absolute Gasteiger partial charge is 0.407 e. The van der Waals surface area contributed by atoms with Crippen LogP contribution in [0.3, 0.4) is 0 Å². The van der Waals surface area contributed by atoms with Gasteiger partial charge in [-0.05, 0) is 38.5 Å². The van der Waals surface area contributed by atoms with Crippen molar-refractivity contribution in [2.45, 2.75) is 38.4 Å². The average Bonchev–Trinajstić information content (AvgIpc) is 3.17. The molecule has 0 spiro atoms. The Bertz CT molecular complexity index is 1340. The molecule has 0 aliphatic carbocycles. The van der Waals surface area contributed by atoms with Crippen molar-refractivity contribution in [3.8, 4) is 16.9 Å². The Morgan fingerprint density at radius 2 is 1.78 bits per heavy atom. The molecular formula is C27H25ClF2N2O4. The molecule has 9 heteroatoms. The van der Waals surface area contributed by atoms with Gasteiger partial charge >= 0.3 is 6.09 Å². The number of fused-ring (bicyclic) bond motifs is 1. The second-order valence-corrected chi connectivity index (χ2v) is 9.92. The Morgan fingerprint density at radius 3 is 2.42 bits per heavy atom. The summed E-state index contributed by atoms with van der Waals surface area (Å²) in [6.07, 6.45) is -0.573. The Hall–Kier alpha value is -3.65. The molecule has 36 heavy (non-hydrogen) atoms. The van der Waals surface area contributed by atoms with E-state index in [0.717, 1.165) is 12.1 Å². The number of primary amides is 1. The molecule has 3 N–H and O–H groups in total. The molecule has 1 aliphatic heterocycles. The SMILES string of the molecule is CC(C)(C)OC(=O)NC[C@@]1(c2ccccc2)Cc2c(cc(F)c(Cl)c2-c2c(F)cccc2C(N)=O)O1. The number of ether oxygens (including phenoxy) is 2. The zero-order chi connectivity index (χ0) is 26.3. The molecule has 6 nitrogen and oxygen atoms in total. The highest BCUT2D eigenvalue weighted by Gasteiger charge is 2.44. The summed E-state index contributed by atoms with van der Waals surface area (Å²) in [5, 5.41) is 2.36. The molecule has 0 saturated carbocycles. The predicted octanol–water partition coefficient (Wildman–Crippen LogP) is 5.74. The summed E-state index contributed by atoms with van der Waals surface area (Å²) in [5.74, 6) is -2.42. The lowest BCUT2D eigenvalue weighted by molar-refractivity contribution is 0.0414. The molecule has 0 unspecified atom stereocenters. The third-order valence-corrected chi connectivity index (χ3v) is 6.17. The first-order chi connectivity index (χ1) is 16.9. The number of hydrogen-bond donors (Lipinski definition) is 2. The van der Waals surface area contributed by atoms with Crippen LogP contribution in [0.15, 0.2) is 54.6 Å². The minimum Gasteiger partial charge on any atom is -0.480 e. The van der Waals surface area contributed by atoms with Crippen LogP contribution in [0.1, 0.15) is 42.3 Å². The van der Waals surface area contributed by atoms with Gasteiger partial charge in [0.25, 0.3) is 0 Å². The van der Waals surface area contributed by atoms with Crippen LogP contribution in [0.2, 0.25) is 5.02 Å². The lowest BCUT2D eigenvalue weighted by atomic mass is 9.85. The third kappa shape index (κ3) is 4.86. The highest BCUT2D eigenvalue weighted by molar-refractivity contribution is 6.34. The van der Waals surface area contributed by atoms with Crippen molar-refractivity contribution in [2.24, 2.45) is 5.73 Å². The van der Waals surface area contributed by atoms with E-state index in [0.29, 0.717) is 11.1 Å². The quantitative estimate of drug-likeness (QED) is 0.454. The second kappa shape index (κ2) is 9.43. The van der Waals surface area contributed by atoms with Gasteiger partial charge in [0.15, 0.2) is 5.60 Å². The number of alkyl carbamates (subject to hydrolysis) is 1. The molecule has 1 aliphatic rings. The van der Waals surface area contributed by atoms with Gasteiger partial charge in [0.1, 0.15) is 23.0 Å². The standard InChI is InChI=1S/C27H25ClF2N2O4/c1-26(2,3)36-25(34)32-14-27(15-8-5-4-6-9-15)13-17-20(35-27)12-19(30)23(28)22(17)21-16(24(31)33)10-7-11-18(21)29/h4-12H,13-14H2,1-3H3,(H2,31,33)(H,32,34)/t27-/m1/s1. The Morgan fingerprint density at radius 1 is 1.08 bits per heavy atom. The van der Waals surface area contributed by atoms with E-state index in [1.807, 2.05) is 6.07 Å². The first-order valence-corrected chi connectivity index (χ1v) is 11.6. The van der Waals surface area contributed by atoms with Crippen molar-refractivity contribution in [2.75, 3.05) is 6.54 Å². The third-order valence-electron chi connectivity index (χ3n) is 5.80. The fraction of sp³-hybridized carbons (Fsp3) is 0.259. The largest absolute Gasteiger partial charge is 0.480 e. The number of halogens is 3. The van der Waals surface area contributed by atoms with Gasteiger partial charge < -0.3 is 20.5 Å². The maximum absolute atomic E-state index is 15.1. The Balaban J connectivity index is 1.85. The van der Waals surface area contributed by atoms with Crippen LogP contribution in [0.25, 0.3) is 11.1 Å². The molecule has 3 aromatic rings. The van der Waals surface area contributed by atoms with Crippen LogP contribution in [-0.4, -0.2) is 24.1 Å². The number of carbonyl (C=O) groups is 2. The fourth-order valence-corrected chi connectivity index (χ4v) is 4.58. The highest BCUT2D eigenvalue weighted by atomic mass is 35.5. The lowest BCUT2D eigenvalue weighted by Gasteiger charge is -2.30. The van der Waals surface area contributed by atoms with Crippen molar-refractivity contribution in [3.63, 3.8) is 0 Å². The first-order valence-electron chi connectivity index (χ1n) is 11.2. The van der Waals surface area contributed by atoms with Crippen LogP contribution in [0.4, 0.5) is 13.6 Å². The number of nitrogens with two attached hydrogens (primary N) is 1. The van der Waals surface area contributed by atoms with E-state index < -0.39 is 34.8 Å². The zero-order valence-corrected chi connectivity index (χ0v) is 20.7. The van der Waals surface area contributed by atoms with E-state index in [1.165, 1.54) is 12.1 Å². The van der Waals surface area contributed by atoms with E-state index in [4.69, 9.17) is 26.8 Å². The maximum atomic E-state index is 15.1. The van der Waals surface area contributed by atoms with Gasteiger partial charge in [-0.2, -0.15) is 0 Å². The summed E-state index contributed by atoms with van der Waals surface area (Å²) < 4.78 is 41.7. The average molecular weight is 515 g/mol. The van der Waals surface area contributed by atoms with E-state index in [-0.39, 0.29) is 40.4 Å². The molecule has 0 aromatic heterocycles. The minimum absolute atomic E-state index is 0.0198. The van der Waals surface area contributed by atoms with Gasteiger partial charge in [-0.15, -0.1) is 0 Å². The molecule has 0 saturated heterocycles. The normalized spacial score (nSPS) is 16.7. The summed E-state index contributed by atoms with van der Waals surface area (Å²) >= 11 is 6.36. The van der Waals surface area contributed by atoms with Gasteiger partial charge in [-0.1, -0.05) is 48.0 Å². The second-order valence-electron chi connectivity index (χ2n) is 9.55. The highest BCUT2D eigenvalue weighted by Crippen LogP contribution is 2.49. The predicted molar refractivity (Wildman–Crippen MR) is 132 cm³/mol. The molecule has 1 atom stereocenters. The topological polar surface area (TPSA) is 90.6 Å². The number of hydrogen-bond acceptors (Lipinski definition) is 4. The van der Waals surface area contributed by atoms with Crippen LogP contribution >= 0.6 is 11.6 Å². The Labute approximate surface area is 212 Å². The number of amides is 2.